The maximum atomic E-state index is 11.1. The van der Waals surface area contributed by atoms with Crippen molar-refractivity contribution >= 4 is 5.91 Å². The lowest BCUT2D eigenvalue weighted by molar-refractivity contribution is -0.121. The van der Waals surface area contributed by atoms with Crippen LogP contribution in [0.3, 0.4) is 0 Å². The summed E-state index contributed by atoms with van der Waals surface area (Å²) in [6.45, 7) is 0.590. The van der Waals surface area contributed by atoms with Gasteiger partial charge in [-0.3, -0.25) is 4.79 Å². The van der Waals surface area contributed by atoms with Crippen molar-refractivity contribution < 1.29 is 9.90 Å². The van der Waals surface area contributed by atoms with Crippen LogP contribution in [-0.4, -0.2) is 22.6 Å². The number of carbonyl (C=O) groups is 1. The van der Waals surface area contributed by atoms with E-state index in [1.54, 1.807) is 0 Å². The predicted octanol–water partition coefficient (Wildman–Crippen LogP) is 0.403. The summed E-state index contributed by atoms with van der Waals surface area (Å²) in [6, 6.07) is 3.79. The molecule has 0 bridgehead atoms. The quantitative estimate of drug-likeness (QED) is 0.617. The van der Waals surface area contributed by atoms with Gasteiger partial charge in [-0.1, -0.05) is 0 Å². The van der Waals surface area contributed by atoms with E-state index in [4.69, 9.17) is 5.11 Å². The van der Waals surface area contributed by atoms with Crippen LogP contribution in [0.15, 0.2) is 18.3 Å². The van der Waals surface area contributed by atoms with Crippen molar-refractivity contribution in [1.29, 1.82) is 0 Å². The topological polar surface area (TPSA) is 65.1 Å². The van der Waals surface area contributed by atoms with Crippen molar-refractivity contribution in [3.05, 3.63) is 24.0 Å². The Bertz CT molecular complexity index is 244. The summed E-state index contributed by atoms with van der Waals surface area (Å²) >= 11 is 0. The Morgan fingerprint density at radius 2 is 2.46 bits per heavy atom. The fourth-order valence-corrected chi connectivity index (χ4v) is 0.999. The molecule has 0 unspecified atom stereocenters. The molecular weight excluding hydrogens is 168 g/mol. The predicted molar refractivity (Wildman–Crippen MR) is 49.0 cm³/mol. The van der Waals surface area contributed by atoms with Gasteiger partial charge in [0.2, 0.25) is 5.91 Å². The summed E-state index contributed by atoms with van der Waals surface area (Å²) in [5.41, 5.74) is 0.984. The molecule has 13 heavy (non-hydrogen) atoms. The molecule has 0 aliphatic rings. The van der Waals surface area contributed by atoms with Crippen LogP contribution in [0.5, 0.6) is 0 Å². The van der Waals surface area contributed by atoms with Crippen molar-refractivity contribution in [2.24, 2.45) is 0 Å². The molecule has 0 saturated carbocycles. The van der Waals surface area contributed by atoms with Crippen LogP contribution in [0.25, 0.3) is 0 Å². The number of hydrogen-bond acceptors (Lipinski definition) is 2. The zero-order valence-electron chi connectivity index (χ0n) is 7.42. The Labute approximate surface area is 77.0 Å². The van der Waals surface area contributed by atoms with Gasteiger partial charge in [0.1, 0.15) is 0 Å². The summed E-state index contributed by atoms with van der Waals surface area (Å²) in [7, 11) is 0. The first-order valence-electron chi connectivity index (χ1n) is 4.33. The normalized spacial score (nSPS) is 9.92. The van der Waals surface area contributed by atoms with E-state index >= 15 is 0 Å². The van der Waals surface area contributed by atoms with Gasteiger partial charge in [-0.05, 0) is 18.6 Å². The molecule has 1 heterocycles. The van der Waals surface area contributed by atoms with Gasteiger partial charge in [-0.15, -0.1) is 0 Å². The number of aliphatic hydroxyl groups excluding tert-OH is 1. The maximum absolute atomic E-state index is 11.1. The van der Waals surface area contributed by atoms with E-state index in [9.17, 15) is 4.79 Å². The highest BCUT2D eigenvalue weighted by Gasteiger charge is 1.99. The van der Waals surface area contributed by atoms with Crippen molar-refractivity contribution in [2.45, 2.75) is 19.4 Å². The van der Waals surface area contributed by atoms with Gasteiger partial charge in [-0.2, -0.15) is 0 Å². The Kier molecular flexibility index (Phi) is 4.05. The molecule has 1 aromatic heterocycles. The van der Waals surface area contributed by atoms with Crippen molar-refractivity contribution in [2.75, 3.05) is 6.61 Å². The third-order valence-electron chi connectivity index (χ3n) is 1.70. The van der Waals surface area contributed by atoms with Crippen molar-refractivity contribution in [3.8, 4) is 0 Å². The average Bonchev–Trinajstić information content (AvgIpc) is 2.64. The van der Waals surface area contributed by atoms with Crippen LogP contribution in [0.4, 0.5) is 0 Å². The Morgan fingerprint density at radius 3 is 3.08 bits per heavy atom. The third-order valence-corrected chi connectivity index (χ3v) is 1.70. The largest absolute Gasteiger partial charge is 0.396 e. The Hall–Kier alpha value is -1.29. The van der Waals surface area contributed by atoms with E-state index in [0.29, 0.717) is 19.4 Å². The summed E-state index contributed by atoms with van der Waals surface area (Å²) in [6.07, 6.45) is 2.73. The smallest absolute Gasteiger partial charge is 0.220 e. The molecule has 0 atom stereocenters. The second kappa shape index (κ2) is 5.37. The van der Waals surface area contributed by atoms with Crippen LogP contribution >= 0.6 is 0 Å². The zero-order chi connectivity index (χ0) is 9.52. The monoisotopic (exact) mass is 182 g/mol. The molecule has 1 rings (SSSR count). The van der Waals surface area contributed by atoms with Gasteiger partial charge < -0.3 is 15.4 Å². The zero-order valence-corrected chi connectivity index (χ0v) is 7.42. The van der Waals surface area contributed by atoms with E-state index in [1.165, 1.54) is 0 Å². The first-order valence-corrected chi connectivity index (χ1v) is 4.33. The number of aromatic amines is 1. The molecule has 0 spiro atoms. The fraction of sp³-hybridized carbons (Fsp3) is 0.444. The summed E-state index contributed by atoms with van der Waals surface area (Å²) in [4.78, 5) is 14.0. The first kappa shape index (κ1) is 9.80. The minimum Gasteiger partial charge on any atom is -0.396 e. The molecule has 0 saturated heterocycles. The average molecular weight is 182 g/mol. The summed E-state index contributed by atoms with van der Waals surface area (Å²) < 4.78 is 0. The fourth-order valence-electron chi connectivity index (χ4n) is 0.999. The number of rotatable bonds is 5. The number of nitrogens with one attached hydrogen (secondary N) is 2. The van der Waals surface area contributed by atoms with Crippen LogP contribution in [-0.2, 0) is 11.3 Å². The van der Waals surface area contributed by atoms with E-state index in [1.807, 2.05) is 18.3 Å². The number of H-pyrrole nitrogens is 1. The van der Waals surface area contributed by atoms with E-state index < -0.39 is 0 Å². The van der Waals surface area contributed by atoms with Gasteiger partial charge in [0.15, 0.2) is 0 Å². The SMILES string of the molecule is O=C(CCCO)NCc1ccc[nH]1. The molecule has 0 fully saturated rings. The van der Waals surface area contributed by atoms with Gasteiger partial charge in [-0.25, -0.2) is 0 Å². The number of aliphatic hydroxyl groups is 1. The van der Waals surface area contributed by atoms with Gasteiger partial charge in [0, 0.05) is 24.9 Å². The minimum atomic E-state index is -0.0244. The van der Waals surface area contributed by atoms with E-state index in [2.05, 4.69) is 10.3 Å². The number of carbonyl (C=O) groups excluding carboxylic acids is 1. The second-order valence-electron chi connectivity index (χ2n) is 2.80. The molecular formula is C9H14N2O2. The Morgan fingerprint density at radius 1 is 1.62 bits per heavy atom. The molecule has 1 aromatic rings. The number of aromatic nitrogens is 1. The van der Waals surface area contributed by atoms with Crippen LogP contribution < -0.4 is 5.32 Å². The maximum Gasteiger partial charge on any atom is 0.220 e. The number of hydrogen-bond donors (Lipinski definition) is 3. The lowest BCUT2D eigenvalue weighted by Gasteiger charge is -2.02. The van der Waals surface area contributed by atoms with E-state index in [-0.39, 0.29) is 12.5 Å². The third kappa shape index (κ3) is 3.75. The van der Waals surface area contributed by atoms with Gasteiger partial charge >= 0.3 is 0 Å². The minimum absolute atomic E-state index is 0.0244. The molecule has 0 aliphatic heterocycles. The standard InChI is InChI=1S/C9H14N2O2/c12-6-2-4-9(13)11-7-8-3-1-5-10-8/h1,3,5,10,12H,2,4,6-7H2,(H,11,13). The molecule has 0 radical (unpaired) electrons. The van der Waals surface area contributed by atoms with Crippen LogP contribution in [0.2, 0.25) is 0 Å². The van der Waals surface area contributed by atoms with Crippen molar-refractivity contribution in [1.82, 2.24) is 10.3 Å². The molecule has 4 heteroatoms. The molecule has 3 N–H and O–H groups in total. The molecule has 72 valence electrons. The van der Waals surface area contributed by atoms with Crippen LogP contribution in [0.1, 0.15) is 18.5 Å². The molecule has 0 aliphatic carbocycles. The molecule has 0 aromatic carbocycles. The first-order chi connectivity index (χ1) is 6.33. The summed E-state index contributed by atoms with van der Waals surface area (Å²) in [5.74, 6) is -0.0244. The highest BCUT2D eigenvalue weighted by atomic mass is 16.3. The van der Waals surface area contributed by atoms with Gasteiger partial charge in [0.05, 0.1) is 6.54 Å². The van der Waals surface area contributed by atoms with E-state index in [0.717, 1.165) is 5.69 Å². The lowest BCUT2D eigenvalue weighted by atomic mass is 10.3. The number of amides is 1. The highest BCUT2D eigenvalue weighted by Crippen LogP contribution is 1.94. The highest BCUT2D eigenvalue weighted by molar-refractivity contribution is 5.75. The second-order valence-corrected chi connectivity index (χ2v) is 2.80. The lowest BCUT2D eigenvalue weighted by Crippen LogP contribution is -2.22. The van der Waals surface area contributed by atoms with Crippen molar-refractivity contribution in [3.63, 3.8) is 0 Å². The molecule has 4 nitrogen and oxygen atoms in total. The van der Waals surface area contributed by atoms with Gasteiger partial charge in [0.25, 0.3) is 0 Å². The Balaban J connectivity index is 2.15. The summed E-state index contributed by atoms with van der Waals surface area (Å²) in [5, 5.41) is 11.2. The van der Waals surface area contributed by atoms with Crippen LogP contribution in [0, 0.1) is 0 Å². The molecule has 1 amide bonds.